The van der Waals surface area contributed by atoms with Gasteiger partial charge in [0.25, 0.3) is 0 Å². The number of anilines is 2. The minimum Gasteiger partial charge on any atom is -0.383 e. The Morgan fingerprint density at radius 3 is 2.70 bits per heavy atom. The van der Waals surface area contributed by atoms with E-state index in [2.05, 4.69) is 15.3 Å². The standard InChI is InChI=1S/C21H21ClN6O2/c22-15-2-4-16(5-3-15)26-21(30)28-10-9-27(19(29)12-28)8-7-14-1-6-17-18(11-14)24-13-25-20(17)23/h1-6,11,13H,7-10,12H2,(H,26,30)(H2,23,24,25). The fourth-order valence-corrected chi connectivity index (χ4v) is 3.52. The Morgan fingerprint density at radius 2 is 1.93 bits per heavy atom. The molecule has 0 unspecified atom stereocenters. The second-order valence-corrected chi connectivity index (χ2v) is 7.54. The van der Waals surface area contributed by atoms with E-state index in [0.717, 1.165) is 16.5 Å². The minimum atomic E-state index is -0.294. The number of benzene rings is 2. The van der Waals surface area contributed by atoms with Crippen LogP contribution in [-0.4, -0.2) is 57.9 Å². The molecule has 0 bridgehead atoms. The minimum absolute atomic E-state index is 0.0565. The lowest BCUT2D eigenvalue weighted by Gasteiger charge is -2.34. The fraction of sp³-hybridized carbons (Fsp3) is 0.238. The molecule has 154 valence electrons. The molecule has 3 amide bonds. The Labute approximate surface area is 178 Å². The van der Waals surface area contributed by atoms with Gasteiger partial charge in [0.05, 0.1) is 5.52 Å². The molecule has 0 atom stereocenters. The molecule has 1 aliphatic heterocycles. The number of nitrogens with zero attached hydrogens (tertiary/aromatic N) is 4. The maximum absolute atomic E-state index is 12.5. The van der Waals surface area contributed by atoms with Gasteiger partial charge in [-0.05, 0) is 48.4 Å². The van der Waals surface area contributed by atoms with Crippen LogP contribution in [0.15, 0.2) is 48.8 Å². The van der Waals surface area contributed by atoms with E-state index in [4.69, 9.17) is 17.3 Å². The number of nitrogens with two attached hydrogens (primary N) is 1. The first-order valence-corrected chi connectivity index (χ1v) is 9.96. The number of aromatic nitrogens is 2. The molecule has 0 radical (unpaired) electrons. The number of halogens is 1. The topological polar surface area (TPSA) is 104 Å². The number of piperazine rings is 1. The fourth-order valence-electron chi connectivity index (χ4n) is 3.40. The molecule has 3 N–H and O–H groups in total. The molecule has 1 fully saturated rings. The van der Waals surface area contributed by atoms with Crippen LogP contribution in [-0.2, 0) is 11.2 Å². The second kappa shape index (κ2) is 8.54. The number of nitrogen functional groups attached to an aromatic ring is 1. The van der Waals surface area contributed by atoms with Crippen molar-refractivity contribution in [3.05, 3.63) is 59.4 Å². The lowest BCUT2D eigenvalue weighted by Crippen LogP contribution is -2.53. The molecule has 9 heteroatoms. The normalized spacial score (nSPS) is 14.2. The molecule has 4 rings (SSSR count). The largest absolute Gasteiger partial charge is 0.383 e. The third-order valence-electron chi connectivity index (χ3n) is 5.10. The zero-order valence-electron chi connectivity index (χ0n) is 16.2. The van der Waals surface area contributed by atoms with Crippen LogP contribution in [0.25, 0.3) is 10.9 Å². The van der Waals surface area contributed by atoms with Crippen molar-refractivity contribution in [1.82, 2.24) is 19.8 Å². The Morgan fingerprint density at radius 1 is 1.13 bits per heavy atom. The quantitative estimate of drug-likeness (QED) is 0.670. The summed E-state index contributed by atoms with van der Waals surface area (Å²) < 4.78 is 0. The van der Waals surface area contributed by atoms with Gasteiger partial charge in [0.15, 0.2) is 0 Å². The monoisotopic (exact) mass is 424 g/mol. The SMILES string of the molecule is Nc1ncnc2cc(CCN3CCN(C(=O)Nc4ccc(Cl)cc4)CC3=O)ccc12. The summed E-state index contributed by atoms with van der Waals surface area (Å²) >= 11 is 5.86. The predicted octanol–water partition coefficient (Wildman–Crippen LogP) is 2.78. The molecule has 0 aliphatic carbocycles. The predicted molar refractivity (Wildman–Crippen MR) is 116 cm³/mol. The van der Waals surface area contributed by atoms with Gasteiger partial charge >= 0.3 is 6.03 Å². The lowest BCUT2D eigenvalue weighted by atomic mass is 10.1. The summed E-state index contributed by atoms with van der Waals surface area (Å²) in [7, 11) is 0. The van der Waals surface area contributed by atoms with Gasteiger partial charge in [0.2, 0.25) is 5.91 Å². The van der Waals surface area contributed by atoms with Crippen molar-refractivity contribution in [2.75, 3.05) is 37.2 Å². The average molecular weight is 425 g/mol. The Kier molecular flexibility index (Phi) is 5.67. The molecule has 0 saturated carbocycles. The number of rotatable bonds is 4. The lowest BCUT2D eigenvalue weighted by molar-refractivity contribution is -0.134. The molecule has 2 aromatic carbocycles. The van der Waals surface area contributed by atoms with Crippen LogP contribution in [0.4, 0.5) is 16.3 Å². The van der Waals surface area contributed by atoms with Crippen molar-refractivity contribution < 1.29 is 9.59 Å². The third-order valence-corrected chi connectivity index (χ3v) is 5.36. The van der Waals surface area contributed by atoms with E-state index in [0.29, 0.717) is 42.6 Å². The van der Waals surface area contributed by atoms with E-state index in [-0.39, 0.29) is 18.5 Å². The highest BCUT2D eigenvalue weighted by Crippen LogP contribution is 2.19. The maximum atomic E-state index is 12.5. The van der Waals surface area contributed by atoms with Gasteiger partial charge < -0.3 is 20.9 Å². The van der Waals surface area contributed by atoms with Crippen molar-refractivity contribution in [3.8, 4) is 0 Å². The van der Waals surface area contributed by atoms with Gasteiger partial charge in [-0.25, -0.2) is 14.8 Å². The van der Waals surface area contributed by atoms with E-state index in [1.165, 1.54) is 11.2 Å². The van der Waals surface area contributed by atoms with Gasteiger partial charge in [0, 0.05) is 35.7 Å². The first-order valence-electron chi connectivity index (χ1n) is 9.58. The van der Waals surface area contributed by atoms with Crippen molar-refractivity contribution in [3.63, 3.8) is 0 Å². The Balaban J connectivity index is 1.32. The van der Waals surface area contributed by atoms with Crippen LogP contribution in [0.1, 0.15) is 5.56 Å². The van der Waals surface area contributed by atoms with Gasteiger partial charge in [-0.2, -0.15) is 0 Å². The Hall–Kier alpha value is -3.39. The number of fused-ring (bicyclic) bond motifs is 1. The van der Waals surface area contributed by atoms with Crippen molar-refractivity contribution in [2.24, 2.45) is 0 Å². The summed E-state index contributed by atoms with van der Waals surface area (Å²) in [6.07, 6.45) is 2.14. The van der Waals surface area contributed by atoms with E-state index >= 15 is 0 Å². The molecule has 1 aromatic heterocycles. The van der Waals surface area contributed by atoms with Crippen molar-refractivity contribution in [1.29, 1.82) is 0 Å². The number of amides is 3. The highest BCUT2D eigenvalue weighted by atomic mass is 35.5. The number of carbonyl (C=O) groups is 2. The van der Waals surface area contributed by atoms with E-state index in [1.54, 1.807) is 29.2 Å². The number of hydrogen-bond donors (Lipinski definition) is 2. The first kappa shape index (κ1) is 19.9. The van der Waals surface area contributed by atoms with Crippen molar-refractivity contribution in [2.45, 2.75) is 6.42 Å². The van der Waals surface area contributed by atoms with E-state index in [9.17, 15) is 9.59 Å². The van der Waals surface area contributed by atoms with Crippen molar-refractivity contribution >= 4 is 45.9 Å². The average Bonchev–Trinajstić information content (AvgIpc) is 2.74. The van der Waals surface area contributed by atoms with Gasteiger partial charge in [-0.1, -0.05) is 17.7 Å². The summed E-state index contributed by atoms with van der Waals surface area (Å²) in [5.74, 6) is 0.384. The molecule has 1 aliphatic rings. The summed E-state index contributed by atoms with van der Waals surface area (Å²) in [6.45, 7) is 1.61. The highest BCUT2D eigenvalue weighted by Gasteiger charge is 2.26. The summed E-state index contributed by atoms with van der Waals surface area (Å²) in [5, 5.41) is 4.20. The van der Waals surface area contributed by atoms with E-state index in [1.807, 2.05) is 18.2 Å². The van der Waals surface area contributed by atoms with E-state index < -0.39 is 0 Å². The highest BCUT2D eigenvalue weighted by molar-refractivity contribution is 6.30. The molecule has 2 heterocycles. The smallest absolute Gasteiger partial charge is 0.322 e. The zero-order valence-corrected chi connectivity index (χ0v) is 17.0. The summed E-state index contributed by atoms with van der Waals surface area (Å²) in [6, 6.07) is 12.4. The molecule has 0 spiro atoms. The summed E-state index contributed by atoms with van der Waals surface area (Å²) in [5.41, 5.74) is 8.35. The number of hydrogen-bond acceptors (Lipinski definition) is 5. The van der Waals surface area contributed by atoms with Crippen LogP contribution in [0.2, 0.25) is 5.02 Å². The zero-order chi connectivity index (χ0) is 21.1. The number of carbonyl (C=O) groups excluding carboxylic acids is 2. The maximum Gasteiger partial charge on any atom is 0.322 e. The molecular weight excluding hydrogens is 404 g/mol. The van der Waals surface area contributed by atoms with Crippen LogP contribution >= 0.6 is 11.6 Å². The molecule has 30 heavy (non-hydrogen) atoms. The van der Waals surface area contributed by atoms with Crippen LogP contribution < -0.4 is 11.1 Å². The molecule has 3 aromatic rings. The molecule has 8 nitrogen and oxygen atoms in total. The van der Waals surface area contributed by atoms with Crippen LogP contribution in [0.5, 0.6) is 0 Å². The van der Waals surface area contributed by atoms with Crippen LogP contribution in [0, 0.1) is 0 Å². The summed E-state index contributed by atoms with van der Waals surface area (Å²) in [4.78, 5) is 36.5. The molecular formula is C21H21ClN6O2. The molecule has 1 saturated heterocycles. The van der Waals surface area contributed by atoms with Crippen LogP contribution in [0.3, 0.4) is 0 Å². The third kappa shape index (κ3) is 4.44. The first-order chi connectivity index (χ1) is 14.5. The number of nitrogens with one attached hydrogen (secondary N) is 1. The number of urea groups is 1. The van der Waals surface area contributed by atoms with Gasteiger partial charge in [-0.15, -0.1) is 0 Å². The Bertz CT molecular complexity index is 1090. The second-order valence-electron chi connectivity index (χ2n) is 7.10. The van der Waals surface area contributed by atoms with Gasteiger partial charge in [-0.3, -0.25) is 4.79 Å². The van der Waals surface area contributed by atoms with Gasteiger partial charge in [0.1, 0.15) is 18.7 Å².